The van der Waals surface area contributed by atoms with Gasteiger partial charge in [0, 0.05) is 26.7 Å². The summed E-state index contributed by atoms with van der Waals surface area (Å²) < 4.78 is 37.0. The van der Waals surface area contributed by atoms with E-state index in [1.807, 2.05) is 6.92 Å². The van der Waals surface area contributed by atoms with Crippen molar-refractivity contribution in [2.24, 2.45) is 0 Å². The number of nitrogens with one attached hydrogen (secondary N) is 1. The molecule has 0 fully saturated rings. The van der Waals surface area contributed by atoms with Crippen LogP contribution < -0.4 is 14.8 Å². The van der Waals surface area contributed by atoms with Crippen molar-refractivity contribution in [2.45, 2.75) is 24.8 Å². The van der Waals surface area contributed by atoms with Gasteiger partial charge >= 0.3 is 0 Å². The molecule has 0 heterocycles. The summed E-state index contributed by atoms with van der Waals surface area (Å²) in [4.78, 5) is 12.4. The number of ether oxygens (including phenoxy) is 2. The van der Waals surface area contributed by atoms with Gasteiger partial charge in [-0.15, -0.1) is 0 Å². The average Bonchev–Trinajstić information content (AvgIpc) is 2.75. The second-order valence-electron chi connectivity index (χ2n) is 6.83. The maximum absolute atomic E-state index is 12.5. The highest BCUT2D eigenvalue weighted by molar-refractivity contribution is 7.89. The third-order valence-corrected chi connectivity index (χ3v) is 6.51. The van der Waals surface area contributed by atoms with Crippen molar-refractivity contribution in [1.29, 1.82) is 0 Å². The fraction of sp³-hybridized carbons (Fsp3) is 0.318. The predicted molar refractivity (Wildman–Crippen MR) is 122 cm³/mol. The largest absolute Gasteiger partial charge is 0.493 e. The molecule has 0 bridgehead atoms. The monoisotopic (exact) mass is 466 g/mol. The Hall–Kier alpha value is -2.55. The minimum atomic E-state index is -3.61. The molecule has 0 aliphatic carbocycles. The first-order chi connectivity index (χ1) is 14.7. The van der Waals surface area contributed by atoms with Gasteiger partial charge < -0.3 is 14.8 Å². The molecule has 0 aromatic heterocycles. The van der Waals surface area contributed by atoms with Gasteiger partial charge in [0.1, 0.15) is 0 Å². The lowest BCUT2D eigenvalue weighted by molar-refractivity contribution is -0.116. The molecular weight excluding hydrogens is 440 g/mol. The lowest BCUT2D eigenvalue weighted by Gasteiger charge is -2.15. The fourth-order valence-corrected chi connectivity index (χ4v) is 4.08. The minimum Gasteiger partial charge on any atom is -0.493 e. The molecule has 0 atom stereocenters. The summed E-state index contributed by atoms with van der Waals surface area (Å²) in [6, 6.07) is 9.95. The summed E-state index contributed by atoms with van der Waals surface area (Å²) >= 11 is 6.29. The predicted octanol–water partition coefficient (Wildman–Crippen LogP) is 3.72. The number of amides is 1. The van der Waals surface area contributed by atoms with Gasteiger partial charge in [-0.3, -0.25) is 4.79 Å². The van der Waals surface area contributed by atoms with Crippen molar-refractivity contribution in [1.82, 2.24) is 9.62 Å². The van der Waals surface area contributed by atoms with Gasteiger partial charge in [0.25, 0.3) is 0 Å². The second-order valence-corrected chi connectivity index (χ2v) is 9.36. The Kier molecular flexibility index (Phi) is 8.91. The van der Waals surface area contributed by atoms with Gasteiger partial charge in [-0.2, -0.15) is 0 Å². The van der Waals surface area contributed by atoms with E-state index in [9.17, 15) is 13.2 Å². The number of hydrogen-bond acceptors (Lipinski definition) is 5. The summed E-state index contributed by atoms with van der Waals surface area (Å²) in [6.45, 7) is 2.57. The number of carbonyl (C=O) groups is 1. The molecule has 0 unspecified atom stereocenters. The molecule has 1 N–H and O–H groups in total. The Labute approximate surface area is 188 Å². The smallest absolute Gasteiger partial charge is 0.244 e. The third kappa shape index (κ3) is 6.46. The van der Waals surface area contributed by atoms with Crippen LogP contribution in [0, 0.1) is 0 Å². The van der Waals surface area contributed by atoms with Gasteiger partial charge in [-0.1, -0.05) is 36.7 Å². The normalized spacial score (nSPS) is 11.7. The quantitative estimate of drug-likeness (QED) is 0.539. The average molecular weight is 467 g/mol. The highest BCUT2D eigenvalue weighted by atomic mass is 35.5. The topological polar surface area (TPSA) is 84.9 Å². The SMILES string of the molecule is CCCOc1c(Cl)cc(/C=C/C(=O)NCc2ccccc2S(=O)(=O)N(C)C)cc1OC. The molecule has 2 aromatic carbocycles. The number of sulfonamides is 1. The van der Waals surface area contributed by atoms with Gasteiger partial charge in [-0.25, -0.2) is 12.7 Å². The van der Waals surface area contributed by atoms with Crippen molar-refractivity contribution in [3.63, 3.8) is 0 Å². The van der Waals surface area contributed by atoms with Crippen molar-refractivity contribution in [3.05, 3.63) is 58.6 Å². The number of nitrogens with zero attached hydrogens (tertiary/aromatic N) is 1. The third-order valence-electron chi connectivity index (χ3n) is 4.31. The van der Waals surface area contributed by atoms with Crippen LogP contribution in [0.4, 0.5) is 0 Å². The molecule has 0 aliphatic heterocycles. The second kappa shape index (κ2) is 11.2. The minimum absolute atomic E-state index is 0.0697. The first-order valence-electron chi connectivity index (χ1n) is 9.67. The van der Waals surface area contributed by atoms with E-state index in [1.165, 1.54) is 33.3 Å². The van der Waals surface area contributed by atoms with Crippen LogP contribution in [-0.4, -0.2) is 46.4 Å². The Morgan fingerprint density at radius 2 is 1.94 bits per heavy atom. The molecule has 0 spiro atoms. The van der Waals surface area contributed by atoms with E-state index in [0.29, 0.717) is 34.3 Å². The Balaban J connectivity index is 2.12. The maximum atomic E-state index is 12.5. The van der Waals surface area contributed by atoms with E-state index in [2.05, 4.69) is 5.32 Å². The Morgan fingerprint density at radius 3 is 2.58 bits per heavy atom. The molecule has 0 saturated heterocycles. The summed E-state index contributed by atoms with van der Waals surface area (Å²) in [5.41, 5.74) is 1.16. The number of rotatable bonds is 10. The van der Waals surface area contributed by atoms with Crippen LogP contribution in [-0.2, 0) is 21.4 Å². The summed E-state index contributed by atoms with van der Waals surface area (Å²) in [7, 11) is 0.835. The fourth-order valence-electron chi connectivity index (χ4n) is 2.69. The number of halogens is 1. The first-order valence-corrected chi connectivity index (χ1v) is 11.5. The van der Waals surface area contributed by atoms with Gasteiger partial charge in [0.05, 0.1) is 23.6 Å². The van der Waals surface area contributed by atoms with Crippen LogP contribution in [0.3, 0.4) is 0 Å². The van der Waals surface area contributed by atoms with Crippen LogP contribution in [0.15, 0.2) is 47.4 Å². The maximum Gasteiger partial charge on any atom is 0.244 e. The molecule has 1 amide bonds. The molecular formula is C22H27ClN2O5S. The highest BCUT2D eigenvalue weighted by Crippen LogP contribution is 2.36. The van der Waals surface area contributed by atoms with E-state index in [1.54, 1.807) is 36.4 Å². The number of benzene rings is 2. The van der Waals surface area contributed by atoms with Crippen molar-refractivity contribution < 1.29 is 22.7 Å². The molecule has 2 aromatic rings. The van der Waals surface area contributed by atoms with Crippen molar-refractivity contribution in [3.8, 4) is 11.5 Å². The van der Waals surface area contributed by atoms with E-state index in [-0.39, 0.29) is 17.3 Å². The van der Waals surface area contributed by atoms with Gasteiger partial charge in [-0.05, 0) is 41.8 Å². The van der Waals surface area contributed by atoms with Crippen LogP contribution in [0.1, 0.15) is 24.5 Å². The number of hydrogen-bond donors (Lipinski definition) is 1. The number of carbonyl (C=O) groups excluding carboxylic acids is 1. The number of methoxy groups -OCH3 is 1. The molecule has 0 saturated carbocycles. The molecule has 0 aliphatic rings. The van der Waals surface area contributed by atoms with Crippen molar-refractivity contribution in [2.75, 3.05) is 27.8 Å². The van der Waals surface area contributed by atoms with Crippen LogP contribution >= 0.6 is 11.6 Å². The van der Waals surface area contributed by atoms with Crippen LogP contribution in [0.2, 0.25) is 5.02 Å². The van der Waals surface area contributed by atoms with E-state index in [4.69, 9.17) is 21.1 Å². The van der Waals surface area contributed by atoms with Crippen LogP contribution in [0.25, 0.3) is 6.08 Å². The first kappa shape index (κ1) is 24.7. The zero-order valence-electron chi connectivity index (χ0n) is 18.0. The van der Waals surface area contributed by atoms with Crippen molar-refractivity contribution >= 4 is 33.6 Å². The zero-order chi connectivity index (χ0) is 23.0. The molecule has 168 valence electrons. The Bertz CT molecular complexity index is 1050. The molecule has 0 radical (unpaired) electrons. The standard InChI is InChI=1S/C22H27ClN2O5S/c1-5-12-30-22-18(23)13-16(14-19(22)29-4)10-11-21(26)24-15-17-8-6-7-9-20(17)31(27,28)25(2)3/h6-11,13-14H,5,12,15H2,1-4H3,(H,24,26)/b11-10+. The molecule has 9 heteroatoms. The lowest BCUT2D eigenvalue weighted by Crippen LogP contribution is -2.26. The Morgan fingerprint density at radius 1 is 1.23 bits per heavy atom. The zero-order valence-corrected chi connectivity index (χ0v) is 19.6. The highest BCUT2D eigenvalue weighted by Gasteiger charge is 2.20. The summed E-state index contributed by atoms with van der Waals surface area (Å²) in [5, 5.41) is 3.09. The molecule has 31 heavy (non-hydrogen) atoms. The van der Waals surface area contributed by atoms with E-state index >= 15 is 0 Å². The molecule has 2 rings (SSSR count). The van der Waals surface area contributed by atoms with Gasteiger partial charge in [0.15, 0.2) is 11.5 Å². The van der Waals surface area contributed by atoms with E-state index < -0.39 is 10.0 Å². The molecule has 7 nitrogen and oxygen atoms in total. The summed E-state index contributed by atoms with van der Waals surface area (Å²) in [5.74, 6) is 0.564. The summed E-state index contributed by atoms with van der Waals surface area (Å²) in [6.07, 6.45) is 3.77. The lowest BCUT2D eigenvalue weighted by atomic mass is 10.1. The van der Waals surface area contributed by atoms with E-state index in [0.717, 1.165) is 10.7 Å². The van der Waals surface area contributed by atoms with Crippen LogP contribution in [0.5, 0.6) is 11.5 Å². The van der Waals surface area contributed by atoms with Gasteiger partial charge in [0.2, 0.25) is 15.9 Å².